The van der Waals surface area contributed by atoms with Crippen LogP contribution >= 0.6 is 0 Å². The Balaban J connectivity index is 3.43. The summed E-state index contributed by atoms with van der Waals surface area (Å²) in [4.78, 5) is 27.2. The predicted octanol–water partition coefficient (Wildman–Crippen LogP) is 1.03. The number of aryl methyl sites for hydroxylation is 1. The third-order valence-electron chi connectivity index (χ3n) is 3.32. The predicted molar refractivity (Wildman–Crippen MR) is 75.1 cm³/mol. The Labute approximate surface area is 118 Å². The van der Waals surface area contributed by atoms with E-state index in [9.17, 15) is 9.59 Å². The van der Waals surface area contributed by atoms with Crippen LogP contribution in [0, 0.1) is 0 Å². The molecule has 0 aromatic carbocycles. The number of nitrogens with zero attached hydrogens (tertiary/aromatic N) is 2. The molecule has 1 atom stereocenters. The van der Waals surface area contributed by atoms with Crippen molar-refractivity contribution in [2.45, 2.75) is 52.7 Å². The first-order valence-electron chi connectivity index (χ1n) is 6.80. The first kappa shape index (κ1) is 16.4. The van der Waals surface area contributed by atoms with E-state index in [1.807, 2.05) is 20.8 Å². The van der Waals surface area contributed by atoms with E-state index < -0.39 is 5.97 Å². The molecule has 1 unspecified atom stereocenters. The molecule has 0 aliphatic rings. The van der Waals surface area contributed by atoms with Crippen molar-refractivity contribution in [1.82, 2.24) is 9.55 Å². The molecule has 0 aliphatic carbocycles. The minimum Gasteiger partial charge on any atom is -0.481 e. The molecule has 0 bridgehead atoms. The molecule has 0 aliphatic heterocycles. The van der Waals surface area contributed by atoms with Gasteiger partial charge in [-0.1, -0.05) is 13.8 Å². The quantitative estimate of drug-likeness (QED) is 0.807. The van der Waals surface area contributed by atoms with Gasteiger partial charge in [0.25, 0.3) is 0 Å². The van der Waals surface area contributed by atoms with Gasteiger partial charge >= 0.3 is 11.7 Å². The SMILES string of the molecule is CCc1nc(=O)n(CC(C)OC)c(CC)c1CC(=O)O. The van der Waals surface area contributed by atoms with E-state index in [1.165, 1.54) is 4.57 Å². The standard InChI is InChI=1S/C14H22N2O4/c1-5-11-10(7-13(17)18)12(6-2)16(14(19)15-11)8-9(3)20-4/h9H,5-8H2,1-4H3,(H,17,18). The van der Waals surface area contributed by atoms with Crippen LogP contribution in [0.3, 0.4) is 0 Å². The normalized spacial score (nSPS) is 12.4. The minimum atomic E-state index is -0.916. The molecule has 1 aromatic rings. The van der Waals surface area contributed by atoms with Gasteiger partial charge in [-0.3, -0.25) is 9.36 Å². The van der Waals surface area contributed by atoms with Gasteiger partial charge in [0.05, 0.1) is 24.8 Å². The molecular weight excluding hydrogens is 260 g/mol. The number of aliphatic carboxylic acids is 1. The fourth-order valence-electron chi connectivity index (χ4n) is 2.26. The highest BCUT2D eigenvalue weighted by molar-refractivity contribution is 5.71. The maximum atomic E-state index is 12.1. The topological polar surface area (TPSA) is 81.4 Å². The molecule has 1 N–H and O–H groups in total. The smallest absolute Gasteiger partial charge is 0.348 e. The summed E-state index contributed by atoms with van der Waals surface area (Å²) < 4.78 is 6.72. The van der Waals surface area contributed by atoms with Crippen molar-refractivity contribution in [3.05, 3.63) is 27.4 Å². The molecule has 112 valence electrons. The number of carbonyl (C=O) groups is 1. The Morgan fingerprint density at radius 2 is 2.05 bits per heavy atom. The molecule has 0 saturated heterocycles. The summed E-state index contributed by atoms with van der Waals surface area (Å²) in [7, 11) is 1.58. The Morgan fingerprint density at radius 3 is 2.50 bits per heavy atom. The molecular formula is C14H22N2O4. The van der Waals surface area contributed by atoms with Gasteiger partial charge in [0.2, 0.25) is 0 Å². The zero-order chi connectivity index (χ0) is 15.3. The van der Waals surface area contributed by atoms with Crippen LogP contribution in [0.15, 0.2) is 4.79 Å². The van der Waals surface area contributed by atoms with Gasteiger partial charge in [0.15, 0.2) is 0 Å². The maximum absolute atomic E-state index is 12.1. The first-order chi connectivity index (χ1) is 9.44. The first-order valence-corrected chi connectivity index (χ1v) is 6.80. The lowest BCUT2D eigenvalue weighted by atomic mass is 10.0. The van der Waals surface area contributed by atoms with E-state index in [0.29, 0.717) is 30.6 Å². The van der Waals surface area contributed by atoms with Crippen LogP contribution < -0.4 is 5.69 Å². The van der Waals surface area contributed by atoms with Crippen LogP contribution in [0.2, 0.25) is 0 Å². The van der Waals surface area contributed by atoms with Gasteiger partial charge < -0.3 is 9.84 Å². The van der Waals surface area contributed by atoms with E-state index in [-0.39, 0.29) is 18.2 Å². The third-order valence-corrected chi connectivity index (χ3v) is 3.32. The van der Waals surface area contributed by atoms with E-state index >= 15 is 0 Å². The average Bonchev–Trinajstić information content (AvgIpc) is 2.41. The molecule has 0 radical (unpaired) electrons. The molecule has 0 fully saturated rings. The average molecular weight is 282 g/mol. The number of carboxylic acid groups (broad SMARTS) is 1. The zero-order valence-electron chi connectivity index (χ0n) is 12.5. The fourth-order valence-corrected chi connectivity index (χ4v) is 2.26. The number of hydrogen-bond acceptors (Lipinski definition) is 4. The Bertz CT molecular complexity index is 537. The van der Waals surface area contributed by atoms with Crippen molar-refractivity contribution in [3.63, 3.8) is 0 Å². The van der Waals surface area contributed by atoms with Crippen LogP contribution in [-0.4, -0.2) is 33.8 Å². The highest BCUT2D eigenvalue weighted by Crippen LogP contribution is 2.14. The molecule has 20 heavy (non-hydrogen) atoms. The van der Waals surface area contributed by atoms with E-state index in [2.05, 4.69) is 4.98 Å². The van der Waals surface area contributed by atoms with Crippen molar-refractivity contribution < 1.29 is 14.6 Å². The van der Waals surface area contributed by atoms with Crippen molar-refractivity contribution in [2.24, 2.45) is 0 Å². The summed E-state index contributed by atoms with van der Waals surface area (Å²) in [5, 5.41) is 9.06. The van der Waals surface area contributed by atoms with Gasteiger partial charge in [0, 0.05) is 18.4 Å². The number of aromatic nitrogens is 2. The van der Waals surface area contributed by atoms with Gasteiger partial charge in [-0.2, -0.15) is 4.98 Å². The van der Waals surface area contributed by atoms with Gasteiger partial charge in [-0.25, -0.2) is 4.79 Å². The summed E-state index contributed by atoms with van der Waals surface area (Å²) in [5.41, 5.74) is 1.64. The lowest BCUT2D eigenvalue weighted by molar-refractivity contribution is -0.136. The summed E-state index contributed by atoms with van der Waals surface area (Å²) in [5.74, 6) is -0.916. The molecule has 0 amide bonds. The van der Waals surface area contributed by atoms with Crippen molar-refractivity contribution in [3.8, 4) is 0 Å². The van der Waals surface area contributed by atoms with Crippen LogP contribution in [0.25, 0.3) is 0 Å². The fraction of sp³-hybridized carbons (Fsp3) is 0.643. The molecule has 1 rings (SSSR count). The number of rotatable bonds is 7. The van der Waals surface area contributed by atoms with E-state index in [1.54, 1.807) is 7.11 Å². The second kappa shape index (κ2) is 7.19. The lowest BCUT2D eigenvalue weighted by Gasteiger charge is -2.19. The maximum Gasteiger partial charge on any atom is 0.348 e. The zero-order valence-corrected chi connectivity index (χ0v) is 12.5. The second-order valence-electron chi connectivity index (χ2n) is 4.70. The number of ether oxygens (including phenoxy) is 1. The van der Waals surface area contributed by atoms with Crippen LogP contribution in [0.5, 0.6) is 0 Å². The molecule has 1 aromatic heterocycles. The lowest BCUT2D eigenvalue weighted by Crippen LogP contribution is -2.33. The number of methoxy groups -OCH3 is 1. The van der Waals surface area contributed by atoms with Crippen molar-refractivity contribution in [1.29, 1.82) is 0 Å². The van der Waals surface area contributed by atoms with Gasteiger partial charge in [-0.05, 0) is 19.8 Å². The Morgan fingerprint density at radius 1 is 1.40 bits per heavy atom. The van der Waals surface area contributed by atoms with Crippen LogP contribution in [0.1, 0.15) is 37.7 Å². The summed E-state index contributed by atoms with van der Waals surface area (Å²) in [6, 6.07) is 0. The summed E-state index contributed by atoms with van der Waals surface area (Å²) in [6.07, 6.45) is 0.890. The highest BCUT2D eigenvalue weighted by atomic mass is 16.5. The number of carboxylic acids is 1. The van der Waals surface area contributed by atoms with E-state index in [0.717, 1.165) is 5.69 Å². The summed E-state index contributed by atoms with van der Waals surface area (Å²) in [6.45, 7) is 6.01. The van der Waals surface area contributed by atoms with Crippen LogP contribution in [-0.2, 0) is 35.3 Å². The minimum absolute atomic E-state index is 0.110. The molecule has 1 heterocycles. The van der Waals surface area contributed by atoms with Crippen LogP contribution in [0.4, 0.5) is 0 Å². The number of hydrogen-bond donors (Lipinski definition) is 1. The van der Waals surface area contributed by atoms with Gasteiger partial charge in [0.1, 0.15) is 0 Å². The Hall–Kier alpha value is -1.69. The second-order valence-corrected chi connectivity index (χ2v) is 4.70. The van der Waals surface area contributed by atoms with Crippen molar-refractivity contribution >= 4 is 5.97 Å². The Kier molecular flexibility index (Phi) is 5.88. The monoisotopic (exact) mass is 282 g/mol. The van der Waals surface area contributed by atoms with Gasteiger partial charge in [-0.15, -0.1) is 0 Å². The van der Waals surface area contributed by atoms with E-state index in [4.69, 9.17) is 9.84 Å². The largest absolute Gasteiger partial charge is 0.481 e. The molecule has 0 spiro atoms. The third kappa shape index (κ3) is 3.66. The summed E-state index contributed by atoms with van der Waals surface area (Å²) >= 11 is 0. The van der Waals surface area contributed by atoms with Crippen molar-refractivity contribution in [2.75, 3.05) is 7.11 Å². The molecule has 0 saturated carbocycles. The molecule has 6 nitrogen and oxygen atoms in total. The highest BCUT2D eigenvalue weighted by Gasteiger charge is 2.18. The molecule has 6 heteroatoms.